The topological polar surface area (TPSA) is 54.4 Å². The second-order valence-corrected chi connectivity index (χ2v) is 4.45. The lowest BCUT2D eigenvalue weighted by Crippen LogP contribution is -2.00. The maximum atomic E-state index is 13.3. The molecule has 0 unspecified atom stereocenters. The summed E-state index contributed by atoms with van der Waals surface area (Å²) >= 11 is 1.15. The number of carboxylic acids is 1. The van der Waals surface area contributed by atoms with Crippen molar-refractivity contribution in [2.24, 2.45) is 0 Å². The fourth-order valence-corrected chi connectivity index (χ4v) is 1.59. The Kier molecular flexibility index (Phi) is 4.90. The number of halogens is 1. The number of rotatable bonds is 4. The molecule has 0 amide bonds. The van der Waals surface area contributed by atoms with Gasteiger partial charge < -0.3 is 5.11 Å². The van der Waals surface area contributed by atoms with Crippen molar-refractivity contribution in [3.05, 3.63) is 41.2 Å². The zero-order valence-electron chi connectivity index (χ0n) is 9.14. The second kappa shape index (κ2) is 6.20. The van der Waals surface area contributed by atoms with E-state index in [-0.39, 0.29) is 10.7 Å². The van der Waals surface area contributed by atoms with Crippen LogP contribution in [0.4, 0.5) is 4.39 Å². The summed E-state index contributed by atoms with van der Waals surface area (Å²) < 4.78 is 13.3. The van der Waals surface area contributed by atoms with Gasteiger partial charge in [-0.3, -0.25) is 4.79 Å². The van der Waals surface area contributed by atoms with Gasteiger partial charge in [-0.15, -0.1) is 0 Å². The Morgan fingerprint density at radius 3 is 2.71 bits per heavy atom. The van der Waals surface area contributed by atoms with Gasteiger partial charge in [0.15, 0.2) is 5.12 Å². The molecule has 1 rings (SSSR count). The van der Waals surface area contributed by atoms with Gasteiger partial charge in [-0.1, -0.05) is 30.0 Å². The zero-order chi connectivity index (χ0) is 12.8. The summed E-state index contributed by atoms with van der Waals surface area (Å²) in [5.41, 5.74) is 0.219. The Morgan fingerprint density at radius 1 is 1.47 bits per heavy atom. The monoisotopic (exact) mass is 254 g/mol. The number of hydrogen-bond acceptors (Lipinski definition) is 3. The molecule has 0 atom stereocenters. The molecule has 0 bridgehead atoms. The highest BCUT2D eigenvalue weighted by atomic mass is 32.2. The molecule has 3 nitrogen and oxygen atoms in total. The van der Waals surface area contributed by atoms with Crippen molar-refractivity contribution in [1.82, 2.24) is 0 Å². The number of carbonyl (C=O) groups is 2. The van der Waals surface area contributed by atoms with Crippen molar-refractivity contribution in [3.8, 4) is 0 Å². The van der Waals surface area contributed by atoms with E-state index in [2.05, 4.69) is 0 Å². The zero-order valence-corrected chi connectivity index (χ0v) is 9.96. The molecular weight excluding hydrogens is 243 g/mol. The third-order valence-electron chi connectivity index (χ3n) is 1.92. The van der Waals surface area contributed by atoms with E-state index in [4.69, 9.17) is 5.11 Å². The van der Waals surface area contributed by atoms with Crippen molar-refractivity contribution in [2.45, 2.75) is 6.92 Å². The Balaban J connectivity index is 2.70. The van der Waals surface area contributed by atoms with E-state index in [0.29, 0.717) is 11.3 Å². The first-order valence-corrected chi connectivity index (χ1v) is 5.82. The summed E-state index contributed by atoms with van der Waals surface area (Å²) in [6.45, 7) is 1.47. The van der Waals surface area contributed by atoms with Crippen LogP contribution in [0.1, 0.15) is 22.8 Å². The van der Waals surface area contributed by atoms with E-state index in [1.54, 1.807) is 12.2 Å². The van der Waals surface area contributed by atoms with Gasteiger partial charge in [0.25, 0.3) is 0 Å². The molecule has 0 saturated heterocycles. The Morgan fingerprint density at radius 2 is 2.18 bits per heavy atom. The van der Waals surface area contributed by atoms with Gasteiger partial charge in [-0.25, -0.2) is 9.18 Å². The number of hydrogen-bond donors (Lipinski definition) is 1. The molecule has 17 heavy (non-hydrogen) atoms. The molecule has 0 aliphatic heterocycles. The minimum Gasteiger partial charge on any atom is -0.478 e. The predicted molar refractivity (Wildman–Crippen MR) is 65.5 cm³/mol. The van der Waals surface area contributed by atoms with Crippen molar-refractivity contribution in [2.75, 3.05) is 5.75 Å². The summed E-state index contributed by atoms with van der Waals surface area (Å²) in [7, 11) is 0. The van der Waals surface area contributed by atoms with E-state index in [0.717, 1.165) is 17.8 Å². The summed E-state index contributed by atoms with van der Waals surface area (Å²) in [4.78, 5) is 21.2. The molecule has 0 aliphatic carbocycles. The van der Waals surface area contributed by atoms with Gasteiger partial charge in [0.2, 0.25) is 0 Å². The summed E-state index contributed by atoms with van der Waals surface area (Å²) in [6.07, 6.45) is 3.37. The van der Waals surface area contributed by atoms with Crippen LogP contribution in [0.2, 0.25) is 0 Å². The Hall–Kier alpha value is -1.62. The smallest absolute Gasteiger partial charge is 0.338 e. The molecule has 5 heteroatoms. The van der Waals surface area contributed by atoms with Crippen molar-refractivity contribution in [3.63, 3.8) is 0 Å². The summed E-state index contributed by atoms with van der Waals surface area (Å²) in [5, 5.41) is 8.65. The van der Waals surface area contributed by atoms with Gasteiger partial charge in [0.05, 0.1) is 5.56 Å². The molecule has 1 aromatic rings. The highest BCUT2D eigenvalue weighted by molar-refractivity contribution is 8.13. The largest absolute Gasteiger partial charge is 0.478 e. The molecule has 90 valence electrons. The third-order valence-corrected chi connectivity index (χ3v) is 2.68. The molecule has 0 fully saturated rings. The van der Waals surface area contributed by atoms with E-state index >= 15 is 0 Å². The minimum absolute atomic E-state index is 0.0158. The highest BCUT2D eigenvalue weighted by Gasteiger charge is 2.09. The quantitative estimate of drug-likeness (QED) is 0.897. The van der Waals surface area contributed by atoms with E-state index in [1.165, 1.54) is 19.1 Å². The van der Waals surface area contributed by atoms with Crippen molar-refractivity contribution in [1.29, 1.82) is 0 Å². The van der Waals surface area contributed by atoms with Crippen LogP contribution < -0.4 is 0 Å². The highest BCUT2D eigenvalue weighted by Crippen LogP contribution is 2.12. The molecule has 0 spiro atoms. The molecule has 0 saturated carbocycles. The molecule has 0 aromatic heterocycles. The SMILES string of the molecule is CC(=O)SCC=Cc1ccc(C(=O)O)c(F)c1. The van der Waals surface area contributed by atoms with Crippen LogP contribution in [0.3, 0.4) is 0 Å². The fourth-order valence-electron chi connectivity index (χ4n) is 1.16. The van der Waals surface area contributed by atoms with Crippen LogP contribution in [-0.4, -0.2) is 21.9 Å². The lowest BCUT2D eigenvalue weighted by Gasteiger charge is -1.98. The van der Waals surface area contributed by atoms with Crippen LogP contribution in [0.5, 0.6) is 0 Å². The van der Waals surface area contributed by atoms with Gasteiger partial charge in [-0.05, 0) is 17.7 Å². The molecule has 0 aliphatic rings. The van der Waals surface area contributed by atoms with Crippen LogP contribution in [0.15, 0.2) is 24.3 Å². The second-order valence-electron chi connectivity index (χ2n) is 3.25. The minimum atomic E-state index is -1.29. The average Bonchev–Trinajstić information content (AvgIpc) is 2.23. The van der Waals surface area contributed by atoms with Crippen molar-refractivity contribution < 1.29 is 19.1 Å². The average molecular weight is 254 g/mol. The maximum Gasteiger partial charge on any atom is 0.338 e. The number of carboxylic acid groups (broad SMARTS) is 1. The van der Waals surface area contributed by atoms with Gasteiger partial charge >= 0.3 is 5.97 Å². The van der Waals surface area contributed by atoms with E-state index < -0.39 is 11.8 Å². The third kappa shape index (κ3) is 4.40. The van der Waals surface area contributed by atoms with Gasteiger partial charge in [0, 0.05) is 12.7 Å². The molecule has 1 N–H and O–H groups in total. The molecule has 0 heterocycles. The van der Waals surface area contributed by atoms with Crippen LogP contribution in [0.25, 0.3) is 6.08 Å². The Bertz CT molecular complexity index is 469. The number of benzene rings is 1. The normalized spacial score (nSPS) is 10.7. The summed E-state index contributed by atoms with van der Waals surface area (Å²) in [6, 6.07) is 3.88. The number of carbonyl (C=O) groups excluding carboxylic acids is 1. The summed E-state index contributed by atoms with van der Waals surface area (Å²) in [5.74, 6) is -1.54. The van der Waals surface area contributed by atoms with Crippen LogP contribution in [-0.2, 0) is 4.79 Å². The number of aromatic carboxylic acids is 1. The lowest BCUT2D eigenvalue weighted by molar-refractivity contribution is -0.109. The van der Waals surface area contributed by atoms with Crippen LogP contribution in [0, 0.1) is 5.82 Å². The van der Waals surface area contributed by atoms with Gasteiger partial charge in [0.1, 0.15) is 5.82 Å². The standard InChI is InChI=1S/C12H11FO3S/c1-8(14)17-6-2-3-9-4-5-10(12(15)16)11(13)7-9/h2-5,7H,6H2,1H3,(H,15,16). The molecular formula is C12H11FO3S. The van der Waals surface area contributed by atoms with Gasteiger partial charge in [-0.2, -0.15) is 0 Å². The first kappa shape index (κ1) is 13.4. The van der Waals surface area contributed by atoms with Crippen molar-refractivity contribution >= 4 is 28.9 Å². The van der Waals surface area contributed by atoms with E-state index in [1.807, 2.05) is 0 Å². The molecule has 1 aromatic carbocycles. The lowest BCUT2D eigenvalue weighted by atomic mass is 10.1. The molecule has 0 radical (unpaired) electrons. The fraction of sp³-hybridized carbons (Fsp3) is 0.167. The van der Waals surface area contributed by atoms with Crippen LogP contribution >= 0.6 is 11.8 Å². The predicted octanol–water partition coefficient (Wildman–Crippen LogP) is 2.82. The first-order valence-electron chi connectivity index (χ1n) is 4.83. The number of thioether (sulfide) groups is 1. The van der Waals surface area contributed by atoms with E-state index in [9.17, 15) is 14.0 Å². The maximum absolute atomic E-state index is 13.3. The Labute approximate surface area is 102 Å². The first-order chi connectivity index (χ1) is 8.00.